The topological polar surface area (TPSA) is 66.7 Å². The molecule has 0 aliphatic carbocycles. The van der Waals surface area contributed by atoms with E-state index in [0.29, 0.717) is 24.5 Å². The first kappa shape index (κ1) is 16.7. The van der Waals surface area contributed by atoms with E-state index in [4.69, 9.17) is 4.52 Å². The highest BCUT2D eigenvalue weighted by molar-refractivity contribution is 9.10. The molecule has 2 heterocycles. The number of rotatable bonds is 4. The standard InChI is InChI=1S/C17H18BrN3O3/c1-11-7-13(19-24-11)10-20(2)17(23)12-8-16(22)21(9-12)15-6-4-3-5-14(15)18/h3-7,12H,8-10H2,1-2H3. The maximum absolute atomic E-state index is 12.6. The summed E-state index contributed by atoms with van der Waals surface area (Å²) in [5, 5.41) is 3.90. The average Bonchev–Trinajstić information content (AvgIpc) is 3.13. The minimum atomic E-state index is -0.345. The van der Waals surface area contributed by atoms with Crippen LogP contribution in [0.3, 0.4) is 0 Å². The van der Waals surface area contributed by atoms with Crippen molar-refractivity contribution in [1.82, 2.24) is 10.1 Å². The molecule has 1 aromatic heterocycles. The number of aromatic nitrogens is 1. The van der Waals surface area contributed by atoms with Crippen molar-refractivity contribution in [1.29, 1.82) is 0 Å². The van der Waals surface area contributed by atoms with Gasteiger partial charge in [-0.1, -0.05) is 17.3 Å². The smallest absolute Gasteiger partial charge is 0.228 e. The second-order valence-electron chi connectivity index (χ2n) is 5.98. The second kappa shape index (κ2) is 6.76. The fourth-order valence-electron chi connectivity index (χ4n) is 2.90. The summed E-state index contributed by atoms with van der Waals surface area (Å²) in [5.74, 6) is 0.272. The maximum atomic E-state index is 12.6. The van der Waals surface area contributed by atoms with E-state index in [0.717, 1.165) is 10.2 Å². The van der Waals surface area contributed by atoms with Crippen LogP contribution in [0.1, 0.15) is 17.9 Å². The molecule has 0 spiro atoms. The van der Waals surface area contributed by atoms with E-state index in [2.05, 4.69) is 21.1 Å². The number of carbonyl (C=O) groups excluding carboxylic acids is 2. The Morgan fingerprint density at radius 3 is 2.88 bits per heavy atom. The van der Waals surface area contributed by atoms with E-state index in [9.17, 15) is 9.59 Å². The lowest BCUT2D eigenvalue weighted by molar-refractivity contribution is -0.135. The molecule has 24 heavy (non-hydrogen) atoms. The number of amides is 2. The van der Waals surface area contributed by atoms with E-state index >= 15 is 0 Å². The first-order valence-electron chi connectivity index (χ1n) is 7.68. The van der Waals surface area contributed by atoms with Crippen LogP contribution >= 0.6 is 15.9 Å². The van der Waals surface area contributed by atoms with Gasteiger partial charge in [0.1, 0.15) is 11.5 Å². The van der Waals surface area contributed by atoms with Gasteiger partial charge in [0.25, 0.3) is 0 Å². The van der Waals surface area contributed by atoms with Gasteiger partial charge in [0.05, 0.1) is 18.2 Å². The van der Waals surface area contributed by atoms with Crippen molar-refractivity contribution < 1.29 is 14.1 Å². The quantitative estimate of drug-likeness (QED) is 0.803. The number of anilines is 1. The van der Waals surface area contributed by atoms with E-state index in [1.54, 1.807) is 22.9 Å². The van der Waals surface area contributed by atoms with E-state index < -0.39 is 0 Å². The minimum absolute atomic E-state index is 0.0362. The van der Waals surface area contributed by atoms with Crippen LogP contribution in [0.5, 0.6) is 0 Å². The van der Waals surface area contributed by atoms with Crippen LogP contribution in [0.25, 0.3) is 0 Å². The predicted molar refractivity (Wildman–Crippen MR) is 92.3 cm³/mol. The Labute approximate surface area is 148 Å². The summed E-state index contributed by atoms with van der Waals surface area (Å²) in [6.07, 6.45) is 0.225. The first-order valence-corrected chi connectivity index (χ1v) is 8.47. The summed E-state index contributed by atoms with van der Waals surface area (Å²) >= 11 is 3.46. The molecule has 6 nitrogen and oxygen atoms in total. The van der Waals surface area contributed by atoms with Crippen molar-refractivity contribution in [2.75, 3.05) is 18.5 Å². The fraction of sp³-hybridized carbons (Fsp3) is 0.353. The van der Waals surface area contributed by atoms with Gasteiger partial charge >= 0.3 is 0 Å². The fourth-order valence-corrected chi connectivity index (χ4v) is 3.40. The van der Waals surface area contributed by atoms with Gasteiger partial charge in [0.15, 0.2) is 0 Å². The van der Waals surface area contributed by atoms with Crippen molar-refractivity contribution in [3.05, 3.63) is 46.3 Å². The Bertz CT molecular complexity index is 774. The average molecular weight is 392 g/mol. The number of nitrogens with zero attached hydrogens (tertiary/aromatic N) is 3. The van der Waals surface area contributed by atoms with E-state index in [-0.39, 0.29) is 24.2 Å². The van der Waals surface area contributed by atoms with Crippen LogP contribution in [0.4, 0.5) is 5.69 Å². The van der Waals surface area contributed by atoms with Crippen molar-refractivity contribution >= 4 is 33.4 Å². The molecule has 2 amide bonds. The molecule has 1 atom stereocenters. The summed E-state index contributed by atoms with van der Waals surface area (Å²) in [4.78, 5) is 28.2. The van der Waals surface area contributed by atoms with E-state index in [1.165, 1.54) is 0 Å². The number of hydrogen-bond acceptors (Lipinski definition) is 4. The highest BCUT2D eigenvalue weighted by atomic mass is 79.9. The van der Waals surface area contributed by atoms with Crippen LogP contribution < -0.4 is 4.90 Å². The second-order valence-corrected chi connectivity index (χ2v) is 6.83. The number of hydrogen-bond donors (Lipinski definition) is 0. The van der Waals surface area contributed by atoms with Gasteiger partial charge in [0.2, 0.25) is 11.8 Å². The van der Waals surface area contributed by atoms with Gasteiger partial charge in [-0.2, -0.15) is 0 Å². The van der Waals surface area contributed by atoms with Gasteiger partial charge < -0.3 is 14.3 Å². The van der Waals surface area contributed by atoms with Gasteiger partial charge in [-0.25, -0.2) is 0 Å². The number of benzene rings is 1. The van der Waals surface area contributed by atoms with Crippen LogP contribution in [0, 0.1) is 12.8 Å². The molecule has 3 rings (SSSR count). The summed E-state index contributed by atoms with van der Waals surface area (Å²) in [6, 6.07) is 9.33. The number of para-hydroxylation sites is 1. The molecule has 2 aromatic rings. The molecule has 1 unspecified atom stereocenters. The molecule has 1 aliphatic rings. The molecule has 126 valence electrons. The molecule has 1 saturated heterocycles. The number of halogens is 1. The third-order valence-electron chi connectivity index (χ3n) is 4.07. The zero-order valence-corrected chi connectivity index (χ0v) is 15.1. The molecule has 7 heteroatoms. The van der Waals surface area contributed by atoms with Gasteiger partial charge in [-0.05, 0) is 35.0 Å². The van der Waals surface area contributed by atoms with Crippen molar-refractivity contribution in [2.24, 2.45) is 5.92 Å². The Hall–Kier alpha value is -2.15. The highest BCUT2D eigenvalue weighted by Crippen LogP contribution is 2.31. The van der Waals surface area contributed by atoms with Crippen LogP contribution in [-0.2, 0) is 16.1 Å². The Balaban J connectivity index is 1.68. The van der Waals surface area contributed by atoms with Crippen LogP contribution in [0.15, 0.2) is 39.3 Å². The normalized spacial score (nSPS) is 17.4. The molecule has 1 fully saturated rings. The molecule has 0 N–H and O–H groups in total. The molecule has 0 radical (unpaired) electrons. The number of carbonyl (C=O) groups is 2. The molecular weight excluding hydrogens is 374 g/mol. The minimum Gasteiger partial charge on any atom is -0.361 e. The molecule has 0 bridgehead atoms. The molecular formula is C17H18BrN3O3. The zero-order chi connectivity index (χ0) is 17.3. The zero-order valence-electron chi connectivity index (χ0n) is 13.5. The SMILES string of the molecule is Cc1cc(CN(C)C(=O)C2CC(=O)N(c3ccccc3Br)C2)no1. The first-order chi connectivity index (χ1) is 11.5. The van der Waals surface area contributed by atoms with Gasteiger partial charge in [-0.3, -0.25) is 9.59 Å². The number of aryl methyl sites for hydroxylation is 1. The maximum Gasteiger partial charge on any atom is 0.228 e. The monoisotopic (exact) mass is 391 g/mol. The largest absolute Gasteiger partial charge is 0.361 e. The summed E-state index contributed by atoms with van der Waals surface area (Å²) < 4.78 is 5.87. The van der Waals surface area contributed by atoms with E-state index in [1.807, 2.05) is 31.2 Å². The van der Waals surface area contributed by atoms with Crippen LogP contribution in [0.2, 0.25) is 0 Å². The lowest BCUT2D eigenvalue weighted by Crippen LogP contribution is -2.34. The Kier molecular flexibility index (Phi) is 4.71. The van der Waals surface area contributed by atoms with Gasteiger partial charge in [-0.15, -0.1) is 0 Å². The van der Waals surface area contributed by atoms with Crippen LogP contribution in [-0.4, -0.2) is 35.5 Å². The lowest BCUT2D eigenvalue weighted by atomic mass is 10.1. The summed E-state index contributed by atoms with van der Waals surface area (Å²) in [6.45, 7) is 2.57. The molecule has 0 saturated carbocycles. The summed E-state index contributed by atoms with van der Waals surface area (Å²) in [5.41, 5.74) is 1.50. The summed E-state index contributed by atoms with van der Waals surface area (Å²) in [7, 11) is 1.72. The third kappa shape index (κ3) is 3.36. The third-order valence-corrected chi connectivity index (χ3v) is 4.74. The van der Waals surface area contributed by atoms with Gasteiger partial charge in [0, 0.05) is 30.6 Å². The lowest BCUT2D eigenvalue weighted by Gasteiger charge is -2.21. The van der Waals surface area contributed by atoms with Crippen molar-refractivity contribution in [3.8, 4) is 0 Å². The Morgan fingerprint density at radius 1 is 1.46 bits per heavy atom. The van der Waals surface area contributed by atoms with Crippen molar-refractivity contribution in [2.45, 2.75) is 19.9 Å². The van der Waals surface area contributed by atoms with Crippen molar-refractivity contribution in [3.63, 3.8) is 0 Å². The Morgan fingerprint density at radius 2 is 2.21 bits per heavy atom. The molecule has 1 aromatic carbocycles. The predicted octanol–water partition coefficient (Wildman–Crippen LogP) is 2.76. The molecule has 1 aliphatic heterocycles. The highest BCUT2D eigenvalue weighted by Gasteiger charge is 2.37.